The second-order valence-corrected chi connectivity index (χ2v) is 8.78. The van der Waals surface area contributed by atoms with Crippen LogP contribution in [0.25, 0.3) is 0 Å². The second kappa shape index (κ2) is 10.1. The first-order valence-electron chi connectivity index (χ1n) is 7.41. The highest BCUT2D eigenvalue weighted by Gasteiger charge is 2.33. The molecule has 104 valence electrons. The van der Waals surface area contributed by atoms with Gasteiger partial charge in [-0.2, -0.15) is 0 Å². The van der Waals surface area contributed by atoms with Crippen molar-refractivity contribution in [3.8, 4) is 0 Å². The van der Waals surface area contributed by atoms with Gasteiger partial charge < -0.3 is 8.85 Å². The Balaban J connectivity index is 4.01. The van der Waals surface area contributed by atoms with Crippen LogP contribution in [0.2, 0.25) is 12.1 Å². The van der Waals surface area contributed by atoms with E-state index in [1.165, 1.54) is 19.3 Å². The van der Waals surface area contributed by atoms with Crippen molar-refractivity contribution in [1.82, 2.24) is 0 Å². The summed E-state index contributed by atoms with van der Waals surface area (Å²) < 4.78 is 12.3. The number of hydrogen-bond acceptors (Lipinski definition) is 2. The van der Waals surface area contributed by atoms with Gasteiger partial charge in [-0.1, -0.05) is 47.5 Å². The zero-order valence-corrected chi connectivity index (χ0v) is 13.6. The minimum Gasteiger partial charge on any atom is -0.394 e. The molecule has 0 saturated heterocycles. The highest BCUT2D eigenvalue weighted by atomic mass is 28.4. The van der Waals surface area contributed by atoms with E-state index in [1.807, 2.05) is 0 Å². The first-order chi connectivity index (χ1) is 8.14. The van der Waals surface area contributed by atoms with Gasteiger partial charge in [0.05, 0.1) is 0 Å². The first-order valence-corrected chi connectivity index (χ1v) is 9.65. The summed E-state index contributed by atoms with van der Waals surface area (Å²) in [5, 5.41) is 0. The molecule has 0 aliphatic carbocycles. The fraction of sp³-hybridized carbons (Fsp3) is 1.00. The fourth-order valence-electron chi connectivity index (χ4n) is 1.75. The van der Waals surface area contributed by atoms with Crippen LogP contribution in [0, 0.1) is 5.92 Å². The molecule has 0 fully saturated rings. The molecule has 0 saturated carbocycles. The van der Waals surface area contributed by atoms with Crippen LogP contribution in [0.3, 0.4) is 0 Å². The molecule has 0 spiro atoms. The maximum atomic E-state index is 6.16. The second-order valence-electron chi connectivity index (χ2n) is 4.97. The van der Waals surface area contributed by atoms with Gasteiger partial charge in [-0.15, -0.1) is 0 Å². The van der Waals surface area contributed by atoms with Crippen LogP contribution in [-0.4, -0.2) is 21.8 Å². The van der Waals surface area contributed by atoms with Crippen molar-refractivity contribution in [2.45, 2.75) is 72.4 Å². The van der Waals surface area contributed by atoms with Gasteiger partial charge in [-0.3, -0.25) is 0 Å². The van der Waals surface area contributed by atoms with Gasteiger partial charge in [0.2, 0.25) is 0 Å². The van der Waals surface area contributed by atoms with Gasteiger partial charge in [0, 0.05) is 13.2 Å². The van der Waals surface area contributed by atoms with Crippen LogP contribution < -0.4 is 0 Å². The summed E-state index contributed by atoms with van der Waals surface area (Å²) in [7, 11) is -1.86. The molecular formula is C14H32O2Si. The van der Waals surface area contributed by atoms with Gasteiger partial charge >= 0.3 is 8.56 Å². The summed E-state index contributed by atoms with van der Waals surface area (Å²) in [5.74, 6) is 0.769. The quantitative estimate of drug-likeness (QED) is 0.395. The molecule has 3 heteroatoms. The summed E-state index contributed by atoms with van der Waals surface area (Å²) in [5.41, 5.74) is 0. The lowest BCUT2D eigenvalue weighted by Gasteiger charge is -2.29. The Kier molecular flexibility index (Phi) is 10.2. The Morgan fingerprint density at radius 3 is 2.00 bits per heavy atom. The molecule has 0 aromatic rings. The smallest absolute Gasteiger partial charge is 0.337 e. The van der Waals surface area contributed by atoms with Gasteiger partial charge in [0.1, 0.15) is 0 Å². The van der Waals surface area contributed by atoms with E-state index in [0.29, 0.717) is 0 Å². The molecule has 1 unspecified atom stereocenters. The van der Waals surface area contributed by atoms with Crippen LogP contribution in [0.15, 0.2) is 0 Å². The molecule has 0 amide bonds. The summed E-state index contributed by atoms with van der Waals surface area (Å²) in [6.07, 6.45) is 4.77. The Morgan fingerprint density at radius 2 is 1.53 bits per heavy atom. The normalized spacial score (nSPS) is 13.9. The molecule has 0 radical (unpaired) electrons. The van der Waals surface area contributed by atoms with Crippen LogP contribution in [0.1, 0.15) is 60.3 Å². The molecule has 0 bridgehead atoms. The topological polar surface area (TPSA) is 18.5 Å². The van der Waals surface area contributed by atoms with Crippen molar-refractivity contribution in [3.05, 3.63) is 0 Å². The summed E-state index contributed by atoms with van der Waals surface area (Å²) in [4.78, 5) is 0. The minimum absolute atomic E-state index is 0.769. The van der Waals surface area contributed by atoms with E-state index >= 15 is 0 Å². The van der Waals surface area contributed by atoms with E-state index in [1.54, 1.807) is 0 Å². The number of unbranched alkanes of at least 4 members (excludes halogenated alkanes) is 1. The highest BCUT2D eigenvalue weighted by molar-refractivity contribution is 6.67. The molecule has 17 heavy (non-hydrogen) atoms. The molecule has 0 aliphatic heterocycles. The molecule has 0 heterocycles. The molecule has 0 aromatic carbocycles. The largest absolute Gasteiger partial charge is 0.394 e. The van der Waals surface area contributed by atoms with Crippen molar-refractivity contribution in [3.63, 3.8) is 0 Å². The Labute approximate surface area is 109 Å². The van der Waals surface area contributed by atoms with Crippen LogP contribution >= 0.6 is 0 Å². The first kappa shape index (κ1) is 17.1. The zero-order chi connectivity index (χ0) is 13.1. The van der Waals surface area contributed by atoms with Crippen molar-refractivity contribution < 1.29 is 8.85 Å². The zero-order valence-electron chi connectivity index (χ0n) is 12.6. The van der Waals surface area contributed by atoms with Crippen LogP contribution in [0.5, 0.6) is 0 Å². The average molecular weight is 260 g/mol. The van der Waals surface area contributed by atoms with Crippen molar-refractivity contribution in [1.29, 1.82) is 0 Å². The van der Waals surface area contributed by atoms with Crippen LogP contribution in [0.4, 0.5) is 0 Å². The van der Waals surface area contributed by atoms with E-state index in [9.17, 15) is 0 Å². The molecule has 2 nitrogen and oxygen atoms in total. The van der Waals surface area contributed by atoms with E-state index in [-0.39, 0.29) is 0 Å². The van der Waals surface area contributed by atoms with Crippen molar-refractivity contribution >= 4 is 8.56 Å². The monoisotopic (exact) mass is 260 g/mol. The van der Waals surface area contributed by atoms with E-state index in [2.05, 4.69) is 34.6 Å². The minimum atomic E-state index is -1.86. The SMILES string of the molecule is CCCCO[Si](CC)(CC)OCCC(C)CC. The lowest BCUT2D eigenvalue weighted by atomic mass is 10.1. The lowest BCUT2D eigenvalue weighted by molar-refractivity contribution is 0.158. The van der Waals surface area contributed by atoms with Gasteiger partial charge in [-0.05, 0) is 30.8 Å². The third-order valence-electron chi connectivity index (χ3n) is 3.61. The Bertz CT molecular complexity index is 170. The Morgan fingerprint density at radius 1 is 0.941 bits per heavy atom. The van der Waals surface area contributed by atoms with E-state index in [0.717, 1.165) is 37.6 Å². The van der Waals surface area contributed by atoms with Crippen molar-refractivity contribution in [2.24, 2.45) is 5.92 Å². The average Bonchev–Trinajstić information content (AvgIpc) is 2.37. The standard InChI is InChI=1S/C14H32O2Si/c1-6-10-12-15-17(8-3,9-4)16-13-11-14(5)7-2/h14H,6-13H2,1-5H3. The summed E-state index contributed by atoms with van der Waals surface area (Å²) >= 11 is 0. The van der Waals surface area contributed by atoms with Gasteiger partial charge in [0.25, 0.3) is 0 Å². The lowest BCUT2D eigenvalue weighted by Crippen LogP contribution is -2.41. The predicted molar refractivity (Wildman–Crippen MR) is 77.6 cm³/mol. The third-order valence-corrected chi connectivity index (χ3v) is 7.23. The molecule has 1 atom stereocenters. The number of hydrogen-bond donors (Lipinski definition) is 0. The maximum Gasteiger partial charge on any atom is 0.337 e. The highest BCUT2D eigenvalue weighted by Crippen LogP contribution is 2.20. The molecule has 0 N–H and O–H groups in total. The third kappa shape index (κ3) is 7.22. The van der Waals surface area contributed by atoms with Crippen molar-refractivity contribution in [2.75, 3.05) is 13.2 Å². The van der Waals surface area contributed by atoms with E-state index in [4.69, 9.17) is 8.85 Å². The van der Waals surface area contributed by atoms with Crippen LogP contribution in [-0.2, 0) is 8.85 Å². The summed E-state index contributed by atoms with van der Waals surface area (Å²) in [6, 6.07) is 2.15. The Hall–Kier alpha value is 0.137. The van der Waals surface area contributed by atoms with E-state index < -0.39 is 8.56 Å². The predicted octanol–water partition coefficient (Wildman–Crippen LogP) is 4.74. The maximum absolute atomic E-state index is 6.16. The molecular weight excluding hydrogens is 228 g/mol. The van der Waals surface area contributed by atoms with Gasteiger partial charge in [0.15, 0.2) is 0 Å². The molecule has 0 rings (SSSR count). The molecule has 0 aliphatic rings. The number of rotatable bonds is 11. The molecule has 0 aromatic heterocycles. The van der Waals surface area contributed by atoms with Gasteiger partial charge in [-0.25, -0.2) is 0 Å². The fourth-order valence-corrected chi connectivity index (χ4v) is 4.16. The summed E-state index contributed by atoms with van der Waals surface area (Å²) in [6.45, 7) is 12.9.